The van der Waals surface area contributed by atoms with Gasteiger partial charge >= 0.3 is 0 Å². The lowest BCUT2D eigenvalue weighted by Gasteiger charge is -2.26. The highest BCUT2D eigenvalue weighted by atomic mass is 32.2. The minimum absolute atomic E-state index is 0.0586. The Hall–Kier alpha value is -1.97. The van der Waals surface area contributed by atoms with Crippen LogP contribution >= 0.6 is 0 Å². The Labute approximate surface area is 160 Å². The van der Waals surface area contributed by atoms with Crippen molar-refractivity contribution in [1.29, 1.82) is 0 Å². The highest BCUT2D eigenvalue weighted by Crippen LogP contribution is 2.20. The molecule has 8 nitrogen and oxygen atoms in total. The highest BCUT2D eigenvalue weighted by molar-refractivity contribution is 7.89. The normalized spacial score (nSPS) is 16.6. The van der Waals surface area contributed by atoms with E-state index in [-0.39, 0.29) is 29.5 Å². The van der Waals surface area contributed by atoms with Gasteiger partial charge < -0.3 is 15.4 Å². The molecule has 2 rings (SSSR count). The van der Waals surface area contributed by atoms with Crippen molar-refractivity contribution in [3.8, 4) is 0 Å². The van der Waals surface area contributed by atoms with Crippen molar-refractivity contribution in [2.24, 2.45) is 0 Å². The molecule has 1 saturated heterocycles. The second kappa shape index (κ2) is 9.29. The number of benzene rings is 1. The summed E-state index contributed by atoms with van der Waals surface area (Å²) in [6.45, 7) is 7.05. The van der Waals surface area contributed by atoms with Gasteiger partial charge in [-0.05, 0) is 38.0 Å². The molecule has 1 aliphatic rings. The predicted octanol–water partition coefficient (Wildman–Crippen LogP) is 0.660. The zero-order valence-electron chi connectivity index (χ0n) is 15.9. The molecular formula is C18H27N3O5S. The van der Waals surface area contributed by atoms with Gasteiger partial charge in [-0.25, -0.2) is 8.42 Å². The summed E-state index contributed by atoms with van der Waals surface area (Å²) in [5, 5.41) is 5.34. The first kappa shape index (κ1) is 21.3. The van der Waals surface area contributed by atoms with Crippen molar-refractivity contribution in [2.45, 2.75) is 38.1 Å². The lowest BCUT2D eigenvalue weighted by Crippen LogP contribution is -2.45. The molecular weight excluding hydrogens is 370 g/mol. The Kier molecular flexibility index (Phi) is 7.34. The summed E-state index contributed by atoms with van der Waals surface area (Å²) in [6, 6.07) is 3.74. The number of amides is 2. The van der Waals surface area contributed by atoms with Gasteiger partial charge in [-0.2, -0.15) is 4.31 Å². The fraction of sp³-hybridized carbons (Fsp3) is 0.556. The molecule has 0 bridgehead atoms. The van der Waals surface area contributed by atoms with E-state index in [9.17, 15) is 18.0 Å². The first-order valence-corrected chi connectivity index (χ1v) is 10.5. The van der Waals surface area contributed by atoms with Crippen LogP contribution in [0.5, 0.6) is 0 Å². The second-order valence-corrected chi connectivity index (χ2v) is 8.42. The Bertz CT molecular complexity index is 788. The van der Waals surface area contributed by atoms with Gasteiger partial charge in [-0.3, -0.25) is 9.59 Å². The number of nitrogens with zero attached hydrogens (tertiary/aromatic N) is 1. The molecule has 0 aromatic heterocycles. The second-order valence-electron chi connectivity index (χ2n) is 6.48. The maximum absolute atomic E-state index is 12.8. The van der Waals surface area contributed by atoms with Gasteiger partial charge in [0, 0.05) is 25.2 Å². The van der Waals surface area contributed by atoms with Gasteiger partial charge in [-0.1, -0.05) is 13.0 Å². The van der Waals surface area contributed by atoms with Crippen LogP contribution in [0.1, 0.15) is 36.2 Å². The summed E-state index contributed by atoms with van der Waals surface area (Å²) in [5.74, 6) is -0.759. The minimum Gasteiger partial charge on any atom is -0.379 e. The van der Waals surface area contributed by atoms with Crippen LogP contribution in [0.15, 0.2) is 23.1 Å². The van der Waals surface area contributed by atoms with Gasteiger partial charge in [0.1, 0.15) is 6.04 Å². The van der Waals surface area contributed by atoms with Crippen LogP contribution in [0.25, 0.3) is 0 Å². The number of hydrogen-bond acceptors (Lipinski definition) is 5. The molecule has 1 heterocycles. The fourth-order valence-corrected chi connectivity index (χ4v) is 4.12. The van der Waals surface area contributed by atoms with Gasteiger partial charge in [0.25, 0.3) is 5.91 Å². The molecule has 0 aliphatic carbocycles. The molecule has 1 aromatic rings. The molecule has 0 spiro atoms. The average molecular weight is 397 g/mol. The molecule has 27 heavy (non-hydrogen) atoms. The number of carbonyl (C=O) groups is 2. The van der Waals surface area contributed by atoms with Crippen LogP contribution in [-0.4, -0.2) is 63.4 Å². The summed E-state index contributed by atoms with van der Waals surface area (Å²) in [6.07, 6.45) is 0.799. The van der Waals surface area contributed by atoms with E-state index in [1.807, 2.05) is 6.92 Å². The molecule has 1 atom stereocenters. The van der Waals surface area contributed by atoms with E-state index in [0.29, 0.717) is 25.3 Å². The third kappa shape index (κ3) is 5.27. The molecule has 150 valence electrons. The molecule has 9 heteroatoms. The fourth-order valence-electron chi connectivity index (χ4n) is 2.68. The Morgan fingerprint density at radius 2 is 1.93 bits per heavy atom. The zero-order chi connectivity index (χ0) is 20.0. The summed E-state index contributed by atoms with van der Waals surface area (Å²) in [5.41, 5.74) is 0.870. The molecule has 0 saturated carbocycles. The van der Waals surface area contributed by atoms with Crippen LogP contribution in [-0.2, 0) is 19.6 Å². The average Bonchev–Trinajstić information content (AvgIpc) is 2.66. The number of nitrogens with one attached hydrogen (secondary N) is 2. The van der Waals surface area contributed by atoms with E-state index < -0.39 is 22.0 Å². The Balaban J connectivity index is 2.19. The third-order valence-corrected chi connectivity index (χ3v) is 6.25. The smallest absolute Gasteiger partial charge is 0.252 e. The number of morpholine rings is 1. The van der Waals surface area contributed by atoms with Crippen molar-refractivity contribution in [3.05, 3.63) is 29.3 Å². The topological polar surface area (TPSA) is 105 Å². The minimum atomic E-state index is -3.70. The van der Waals surface area contributed by atoms with Crippen LogP contribution in [0, 0.1) is 6.92 Å². The van der Waals surface area contributed by atoms with Gasteiger partial charge in [0.2, 0.25) is 15.9 Å². The SMILES string of the molecule is CCCNC(=O)[C@@H](C)NC(=O)c1cc(S(=O)(=O)N2CCOCC2)ccc1C. The van der Waals surface area contributed by atoms with Crippen molar-refractivity contribution >= 4 is 21.8 Å². The molecule has 0 unspecified atom stereocenters. The van der Waals surface area contributed by atoms with Gasteiger partial charge in [-0.15, -0.1) is 0 Å². The molecule has 2 N–H and O–H groups in total. The van der Waals surface area contributed by atoms with E-state index in [1.54, 1.807) is 19.9 Å². The van der Waals surface area contributed by atoms with Crippen molar-refractivity contribution in [1.82, 2.24) is 14.9 Å². The first-order valence-electron chi connectivity index (χ1n) is 9.04. The predicted molar refractivity (Wildman–Crippen MR) is 101 cm³/mol. The van der Waals surface area contributed by atoms with Crippen molar-refractivity contribution in [3.63, 3.8) is 0 Å². The van der Waals surface area contributed by atoms with Gasteiger partial charge in [0.05, 0.1) is 18.1 Å². The lowest BCUT2D eigenvalue weighted by atomic mass is 10.1. The number of rotatable bonds is 7. The van der Waals surface area contributed by atoms with E-state index in [0.717, 1.165) is 6.42 Å². The largest absolute Gasteiger partial charge is 0.379 e. The number of carbonyl (C=O) groups excluding carboxylic acids is 2. The Morgan fingerprint density at radius 3 is 2.56 bits per heavy atom. The van der Waals surface area contributed by atoms with Gasteiger partial charge in [0.15, 0.2) is 0 Å². The quantitative estimate of drug-likeness (QED) is 0.703. The molecule has 1 aliphatic heterocycles. The van der Waals surface area contributed by atoms with Crippen LogP contribution in [0.3, 0.4) is 0 Å². The highest BCUT2D eigenvalue weighted by Gasteiger charge is 2.27. The monoisotopic (exact) mass is 397 g/mol. The number of aryl methyl sites for hydroxylation is 1. The maximum Gasteiger partial charge on any atom is 0.252 e. The van der Waals surface area contributed by atoms with Crippen molar-refractivity contribution < 1.29 is 22.7 Å². The summed E-state index contributed by atoms with van der Waals surface area (Å²) in [7, 11) is -3.70. The summed E-state index contributed by atoms with van der Waals surface area (Å²) >= 11 is 0. The lowest BCUT2D eigenvalue weighted by molar-refractivity contribution is -0.122. The molecule has 1 fully saturated rings. The number of sulfonamides is 1. The Morgan fingerprint density at radius 1 is 1.26 bits per heavy atom. The molecule has 1 aromatic carbocycles. The van der Waals surface area contributed by atoms with E-state index in [2.05, 4.69) is 10.6 Å². The van der Waals surface area contributed by atoms with E-state index >= 15 is 0 Å². The zero-order valence-corrected chi connectivity index (χ0v) is 16.8. The maximum atomic E-state index is 12.8. The first-order chi connectivity index (χ1) is 12.8. The number of hydrogen-bond donors (Lipinski definition) is 2. The molecule has 2 amide bonds. The van der Waals surface area contributed by atoms with Crippen LogP contribution < -0.4 is 10.6 Å². The number of ether oxygens (including phenoxy) is 1. The van der Waals surface area contributed by atoms with Crippen LogP contribution in [0.2, 0.25) is 0 Å². The summed E-state index contributed by atoms with van der Waals surface area (Å²) < 4.78 is 32.1. The third-order valence-electron chi connectivity index (χ3n) is 4.35. The summed E-state index contributed by atoms with van der Waals surface area (Å²) in [4.78, 5) is 24.6. The van der Waals surface area contributed by atoms with E-state index in [4.69, 9.17) is 4.74 Å². The van der Waals surface area contributed by atoms with Crippen molar-refractivity contribution in [2.75, 3.05) is 32.8 Å². The van der Waals surface area contributed by atoms with E-state index in [1.165, 1.54) is 16.4 Å². The standard InChI is InChI=1S/C18H27N3O5S/c1-4-7-19-17(22)14(3)20-18(23)16-12-15(6-5-13(16)2)27(24,25)21-8-10-26-11-9-21/h5-6,12,14H,4,7-11H2,1-3H3,(H,19,22)(H,20,23)/t14-/m1/s1. The molecule has 0 radical (unpaired) electrons. The van der Waals surface area contributed by atoms with Crippen LogP contribution in [0.4, 0.5) is 0 Å².